The van der Waals surface area contributed by atoms with Crippen molar-refractivity contribution in [3.8, 4) is 0 Å². The molecule has 3 rings (SSSR count). The third-order valence-electron chi connectivity index (χ3n) is 3.17. The minimum absolute atomic E-state index is 0.124. The molecule has 1 amide bonds. The summed E-state index contributed by atoms with van der Waals surface area (Å²) in [6.07, 6.45) is 3.97. The third-order valence-corrected chi connectivity index (χ3v) is 3.73. The van der Waals surface area contributed by atoms with Gasteiger partial charge in [-0.05, 0) is 24.3 Å². The Balaban J connectivity index is 1.70. The summed E-state index contributed by atoms with van der Waals surface area (Å²) in [5.41, 5.74) is 0.398. The molecule has 25 heavy (non-hydrogen) atoms. The Labute approximate surface area is 150 Å². The van der Waals surface area contributed by atoms with Gasteiger partial charge in [-0.3, -0.25) is 19.6 Å². The first-order valence-corrected chi connectivity index (χ1v) is 7.64. The number of halogens is 2. The molecule has 0 aliphatic heterocycles. The van der Waals surface area contributed by atoms with E-state index in [1.54, 1.807) is 18.3 Å². The van der Waals surface area contributed by atoms with E-state index in [0.29, 0.717) is 15.7 Å². The van der Waals surface area contributed by atoms with Crippen molar-refractivity contribution in [2.24, 2.45) is 0 Å². The summed E-state index contributed by atoms with van der Waals surface area (Å²) < 4.78 is 2.76. The highest BCUT2D eigenvalue weighted by molar-refractivity contribution is 6.35. The molecule has 0 aliphatic carbocycles. The topological polar surface area (TPSA) is 108 Å². The number of anilines is 1. The average Bonchev–Trinajstić information content (AvgIpc) is 3.21. The fraction of sp³-hybridized carbons (Fsp3) is 0.0714. The molecule has 2 heterocycles. The molecular weight excluding hydrogens is 371 g/mol. The molecule has 0 atom stereocenters. The molecule has 0 bridgehead atoms. The Kier molecular flexibility index (Phi) is 4.68. The lowest BCUT2D eigenvalue weighted by molar-refractivity contribution is -0.385. The van der Waals surface area contributed by atoms with Crippen molar-refractivity contribution < 1.29 is 9.72 Å². The standard InChI is InChI=1S/C14H10Cl2N6O3/c15-9-1-2-11(16)13(5-9)18-14(23)12-3-4-20(19-12)8-21-7-10(6-17-21)22(24)25/h1-7H,8H2,(H,18,23). The first kappa shape index (κ1) is 16.9. The molecule has 11 heteroatoms. The van der Waals surface area contributed by atoms with Crippen LogP contribution in [0, 0.1) is 10.1 Å². The van der Waals surface area contributed by atoms with Crippen LogP contribution in [0.5, 0.6) is 0 Å². The van der Waals surface area contributed by atoms with Crippen LogP contribution >= 0.6 is 23.2 Å². The zero-order valence-electron chi connectivity index (χ0n) is 12.5. The molecule has 0 radical (unpaired) electrons. The van der Waals surface area contributed by atoms with Gasteiger partial charge in [0, 0.05) is 11.2 Å². The minimum atomic E-state index is -0.541. The van der Waals surface area contributed by atoms with Gasteiger partial charge in [0.1, 0.15) is 19.1 Å². The van der Waals surface area contributed by atoms with E-state index in [1.807, 2.05) is 0 Å². The second kappa shape index (κ2) is 6.91. The SMILES string of the molecule is O=C(Nc1cc(Cl)ccc1Cl)c1ccn(Cn2cc([N+](=O)[O-])cn2)n1. The Hall–Kier alpha value is -2.91. The van der Waals surface area contributed by atoms with Crippen molar-refractivity contribution >= 4 is 40.5 Å². The average molecular weight is 381 g/mol. The van der Waals surface area contributed by atoms with Crippen LogP contribution in [0.2, 0.25) is 10.0 Å². The van der Waals surface area contributed by atoms with Crippen LogP contribution in [0.25, 0.3) is 0 Å². The molecular formula is C14H10Cl2N6O3. The number of hydrogen-bond acceptors (Lipinski definition) is 5. The van der Waals surface area contributed by atoms with Gasteiger partial charge >= 0.3 is 5.69 Å². The van der Waals surface area contributed by atoms with Crippen molar-refractivity contribution in [1.82, 2.24) is 19.6 Å². The number of nitrogens with one attached hydrogen (secondary N) is 1. The first-order valence-electron chi connectivity index (χ1n) is 6.89. The summed E-state index contributed by atoms with van der Waals surface area (Å²) in [6, 6.07) is 6.22. The first-order chi connectivity index (χ1) is 11.9. The molecule has 1 aromatic carbocycles. The van der Waals surface area contributed by atoms with Gasteiger partial charge in [-0.15, -0.1) is 0 Å². The van der Waals surface area contributed by atoms with Gasteiger partial charge in [0.25, 0.3) is 5.91 Å². The Morgan fingerprint density at radius 3 is 2.80 bits per heavy atom. The molecule has 0 fully saturated rings. The van der Waals surface area contributed by atoms with Crippen molar-refractivity contribution in [3.05, 3.63) is 68.7 Å². The second-order valence-corrected chi connectivity index (χ2v) is 5.80. The summed E-state index contributed by atoms with van der Waals surface area (Å²) in [4.78, 5) is 22.3. The van der Waals surface area contributed by atoms with Gasteiger partial charge in [-0.2, -0.15) is 10.2 Å². The summed E-state index contributed by atoms with van der Waals surface area (Å²) in [5.74, 6) is -0.464. The Bertz CT molecular complexity index is 952. The van der Waals surface area contributed by atoms with E-state index in [-0.39, 0.29) is 18.1 Å². The largest absolute Gasteiger partial charge is 0.319 e. The lowest BCUT2D eigenvalue weighted by atomic mass is 10.3. The van der Waals surface area contributed by atoms with Gasteiger partial charge in [0.2, 0.25) is 0 Å². The summed E-state index contributed by atoms with van der Waals surface area (Å²) in [5, 5.41) is 22.0. The maximum Gasteiger partial charge on any atom is 0.307 e. The summed E-state index contributed by atoms with van der Waals surface area (Å²) in [7, 11) is 0. The Morgan fingerprint density at radius 2 is 2.08 bits per heavy atom. The third kappa shape index (κ3) is 3.95. The molecule has 2 aromatic heterocycles. The normalized spacial score (nSPS) is 10.6. The molecule has 0 saturated heterocycles. The number of amides is 1. The van der Waals surface area contributed by atoms with E-state index in [0.717, 1.165) is 6.20 Å². The minimum Gasteiger partial charge on any atom is -0.319 e. The smallest absolute Gasteiger partial charge is 0.307 e. The van der Waals surface area contributed by atoms with Gasteiger partial charge in [-0.25, -0.2) is 4.68 Å². The number of carbonyl (C=O) groups is 1. The molecule has 3 aromatic rings. The van der Waals surface area contributed by atoms with Crippen LogP contribution in [0.15, 0.2) is 42.9 Å². The van der Waals surface area contributed by atoms with E-state index < -0.39 is 10.8 Å². The number of rotatable bonds is 5. The molecule has 128 valence electrons. The number of nitro groups is 1. The predicted octanol–water partition coefficient (Wildman–Crippen LogP) is 3.05. The number of nitrogens with zero attached hydrogens (tertiary/aromatic N) is 5. The predicted molar refractivity (Wildman–Crippen MR) is 90.9 cm³/mol. The summed E-state index contributed by atoms with van der Waals surface area (Å²) >= 11 is 11.9. The van der Waals surface area contributed by atoms with Crippen LogP contribution in [0.1, 0.15) is 10.5 Å². The quantitative estimate of drug-likeness (QED) is 0.540. The highest BCUT2D eigenvalue weighted by Crippen LogP contribution is 2.25. The van der Waals surface area contributed by atoms with Crippen molar-refractivity contribution in [3.63, 3.8) is 0 Å². The zero-order chi connectivity index (χ0) is 18.0. The second-order valence-electron chi connectivity index (χ2n) is 4.96. The van der Waals surface area contributed by atoms with E-state index in [4.69, 9.17) is 23.2 Å². The highest BCUT2D eigenvalue weighted by Gasteiger charge is 2.13. The van der Waals surface area contributed by atoms with Gasteiger partial charge in [-0.1, -0.05) is 23.2 Å². The molecule has 9 nitrogen and oxygen atoms in total. The monoisotopic (exact) mass is 380 g/mol. The zero-order valence-corrected chi connectivity index (χ0v) is 14.0. The van der Waals surface area contributed by atoms with E-state index in [9.17, 15) is 14.9 Å². The fourth-order valence-corrected chi connectivity index (χ4v) is 2.35. The van der Waals surface area contributed by atoms with E-state index in [1.165, 1.54) is 27.7 Å². The van der Waals surface area contributed by atoms with E-state index in [2.05, 4.69) is 15.5 Å². The van der Waals surface area contributed by atoms with Crippen molar-refractivity contribution in [2.45, 2.75) is 6.67 Å². The van der Waals surface area contributed by atoms with Crippen LogP contribution in [0.3, 0.4) is 0 Å². The highest BCUT2D eigenvalue weighted by atomic mass is 35.5. The van der Waals surface area contributed by atoms with Crippen LogP contribution in [-0.2, 0) is 6.67 Å². The lowest BCUT2D eigenvalue weighted by Crippen LogP contribution is -2.15. The molecule has 1 N–H and O–H groups in total. The number of carbonyl (C=O) groups excluding carboxylic acids is 1. The maximum atomic E-state index is 12.2. The van der Waals surface area contributed by atoms with Crippen molar-refractivity contribution in [1.29, 1.82) is 0 Å². The van der Waals surface area contributed by atoms with Crippen LogP contribution < -0.4 is 5.32 Å². The molecule has 0 saturated carbocycles. The number of hydrogen-bond donors (Lipinski definition) is 1. The van der Waals surface area contributed by atoms with Gasteiger partial charge < -0.3 is 5.32 Å². The molecule has 0 aliphatic rings. The lowest BCUT2D eigenvalue weighted by Gasteiger charge is -2.06. The van der Waals surface area contributed by atoms with Crippen molar-refractivity contribution in [2.75, 3.05) is 5.32 Å². The molecule has 0 spiro atoms. The number of benzene rings is 1. The van der Waals surface area contributed by atoms with E-state index >= 15 is 0 Å². The number of aromatic nitrogens is 4. The van der Waals surface area contributed by atoms with Crippen LogP contribution in [0.4, 0.5) is 11.4 Å². The van der Waals surface area contributed by atoms with Gasteiger partial charge in [0.15, 0.2) is 5.69 Å². The summed E-state index contributed by atoms with van der Waals surface area (Å²) in [6.45, 7) is 0.124. The maximum absolute atomic E-state index is 12.2. The fourth-order valence-electron chi connectivity index (χ4n) is 2.01. The van der Waals surface area contributed by atoms with Crippen LogP contribution in [-0.4, -0.2) is 30.4 Å². The Morgan fingerprint density at radius 1 is 1.28 bits per heavy atom. The molecule has 0 unspecified atom stereocenters. The van der Waals surface area contributed by atoms with Gasteiger partial charge in [0.05, 0.1) is 15.6 Å².